The summed E-state index contributed by atoms with van der Waals surface area (Å²) in [6.07, 6.45) is 8.23. The van der Waals surface area contributed by atoms with Crippen molar-refractivity contribution in [2.24, 2.45) is 0 Å². The van der Waals surface area contributed by atoms with Crippen LogP contribution in [0, 0.1) is 11.3 Å². The van der Waals surface area contributed by atoms with Crippen molar-refractivity contribution < 1.29 is 5.11 Å². The van der Waals surface area contributed by atoms with Crippen LogP contribution in [0.1, 0.15) is 43.2 Å². The van der Waals surface area contributed by atoms with E-state index in [2.05, 4.69) is 18.2 Å². The maximum absolute atomic E-state index is 11.0. The van der Waals surface area contributed by atoms with Gasteiger partial charge in [-0.3, -0.25) is 0 Å². The van der Waals surface area contributed by atoms with E-state index in [9.17, 15) is 5.11 Å². The number of fused-ring (bicyclic) bond motifs is 2. The van der Waals surface area contributed by atoms with Crippen molar-refractivity contribution in [3.05, 3.63) is 41.5 Å². The molecule has 2 heteroatoms. The molecule has 92 valence electrons. The molecule has 18 heavy (non-hydrogen) atoms. The van der Waals surface area contributed by atoms with Crippen molar-refractivity contribution >= 4 is 6.08 Å². The summed E-state index contributed by atoms with van der Waals surface area (Å²) < 4.78 is 0. The van der Waals surface area contributed by atoms with Crippen LogP contribution < -0.4 is 0 Å². The molecule has 0 heterocycles. The predicted molar refractivity (Wildman–Crippen MR) is 70.8 cm³/mol. The van der Waals surface area contributed by atoms with Gasteiger partial charge in [-0.15, -0.1) is 0 Å². The van der Waals surface area contributed by atoms with Crippen molar-refractivity contribution in [3.63, 3.8) is 0 Å². The van der Waals surface area contributed by atoms with Gasteiger partial charge in [0.15, 0.2) is 0 Å². The van der Waals surface area contributed by atoms with Gasteiger partial charge in [-0.25, -0.2) is 0 Å². The van der Waals surface area contributed by atoms with Crippen LogP contribution in [0.5, 0.6) is 0 Å². The number of aliphatic hydroxyl groups is 1. The Kier molecular flexibility index (Phi) is 2.53. The average molecular weight is 239 g/mol. The van der Waals surface area contributed by atoms with Crippen LogP contribution in [-0.4, -0.2) is 10.7 Å². The summed E-state index contributed by atoms with van der Waals surface area (Å²) in [4.78, 5) is 0. The molecule has 1 N–H and O–H groups in total. The van der Waals surface area contributed by atoms with Crippen LogP contribution in [0.15, 0.2) is 30.3 Å². The van der Waals surface area contributed by atoms with Gasteiger partial charge in [0.1, 0.15) is 5.60 Å². The largest absolute Gasteiger partial charge is 0.384 e. The van der Waals surface area contributed by atoms with E-state index in [4.69, 9.17) is 5.26 Å². The standard InChI is InChI=1S/C16H17NO/c17-12-11-16(18)10-7-13-5-1-2-6-14(13)15(16)8-3-4-9-15/h1-2,5-7,10,18H,3-4,8-9,11H2. The number of hydrogen-bond donors (Lipinski definition) is 1. The van der Waals surface area contributed by atoms with E-state index in [1.54, 1.807) is 0 Å². The molecule has 1 unspecified atom stereocenters. The maximum atomic E-state index is 11.0. The highest BCUT2D eigenvalue weighted by Gasteiger charge is 2.53. The first kappa shape index (κ1) is 11.5. The van der Waals surface area contributed by atoms with Gasteiger partial charge < -0.3 is 5.11 Å². The first-order valence-corrected chi connectivity index (χ1v) is 6.60. The van der Waals surface area contributed by atoms with Crippen molar-refractivity contribution in [1.29, 1.82) is 5.26 Å². The molecule has 0 amide bonds. The molecule has 0 aromatic heterocycles. The van der Waals surface area contributed by atoms with Crippen LogP contribution in [0.3, 0.4) is 0 Å². The molecule has 3 rings (SSSR count). The zero-order valence-electron chi connectivity index (χ0n) is 10.4. The second-order valence-electron chi connectivity index (χ2n) is 5.47. The van der Waals surface area contributed by atoms with E-state index in [1.165, 1.54) is 11.1 Å². The first-order valence-electron chi connectivity index (χ1n) is 6.60. The second kappa shape index (κ2) is 3.96. The summed E-state index contributed by atoms with van der Waals surface area (Å²) in [7, 11) is 0. The summed E-state index contributed by atoms with van der Waals surface area (Å²) in [6.45, 7) is 0. The number of benzene rings is 1. The highest BCUT2D eigenvalue weighted by Crippen LogP contribution is 2.53. The average Bonchev–Trinajstić information content (AvgIpc) is 2.87. The molecule has 0 saturated heterocycles. The third-order valence-corrected chi connectivity index (χ3v) is 4.65. The second-order valence-corrected chi connectivity index (χ2v) is 5.47. The van der Waals surface area contributed by atoms with E-state index in [0.717, 1.165) is 25.7 Å². The molecular formula is C16H17NO. The van der Waals surface area contributed by atoms with Crippen molar-refractivity contribution in [1.82, 2.24) is 0 Å². The normalized spacial score (nSPS) is 28.0. The Hall–Kier alpha value is -1.59. The van der Waals surface area contributed by atoms with Crippen molar-refractivity contribution in [2.45, 2.75) is 43.1 Å². The number of hydrogen-bond acceptors (Lipinski definition) is 2. The number of nitrogens with zero attached hydrogens (tertiary/aromatic N) is 1. The van der Waals surface area contributed by atoms with Gasteiger partial charge in [-0.05, 0) is 24.0 Å². The van der Waals surface area contributed by atoms with Crippen LogP contribution in [-0.2, 0) is 5.41 Å². The molecule has 1 saturated carbocycles. The lowest BCUT2D eigenvalue weighted by Gasteiger charge is -2.46. The topological polar surface area (TPSA) is 44.0 Å². The Bertz CT molecular complexity index is 534. The summed E-state index contributed by atoms with van der Waals surface area (Å²) in [6, 6.07) is 10.4. The van der Waals surface area contributed by atoms with Gasteiger partial charge in [0.2, 0.25) is 0 Å². The third kappa shape index (κ3) is 1.38. The molecule has 0 bridgehead atoms. The van der Waals surface area contributed by atoms with E-state index in [-0.39, 0.29) is 11.8 Å². The molecular weight excluding hydrogens is 222 g/mol. The zero-order valence-corrected chi connectivity index (χ0v) is 10.4. The van der Waals surface area contributed by atoms with Gasteiger partial charge >= 0.3 is 0 Å². The fourth-order valence-electron chi connectivity index (χ4n) is 3.73. The van der Waals surface area contributed by atoms with Crippen LogP contribution >= 0.6 is 0 Å². The Morgan fingerprint density at radius 3 is 2.67 bits per heavy atom. The monoisotopic (exact) mass is 239 g/mol. The zero-order chi connectivity index (χ0) is 12.6. The van der Waals surface area contributed by atoms with E-state index in [0.29, 0.717) is 0 Å². The number of rotatable bonds is 1. The van der Waals surface area contributed by atoms with Crippen LogP contribution in [0.25, 0.3) is 6.08 Å². The van der Waals surface area contributed by atoms with Crippen molar-refractivity contribution in [3.8, 4) is 6.07 Å². The van der Waals surface area contributed by atoms with Crippen LogP contribution in [0.4, 0.5) is 0 Å². The summed E-state index contributed by atoms with van der Waals surface area (Å²) in [5.41, 5.74) is 1.19. The van der Waals surface area contributed by atoms with Gasteiger partial charge in [0.05, 0.1) is 12.5 Å². The minimum absolute atomic E-state index is 0.178. The Morgan fingerprint density at radius 2 is 1.94 bits per heavy atom. The summed E-state index contributed by atoms with van der Waals surface area (Å²) in [5.74, 6) is 0. The summed E-state index contributed by atoms with van der Waals surface area (Å²) >= 11 is 0. The maximum Gasteiger partial charge on any atom is 0.106 e. The quantitative estimate of drug-likeness (QED) is 0.818. The molecule has 1 atom stereocenters. The van der Waals surface area contributed by atoms with E-state index < -0.39 is 5.60 Å². The minimum Gasteiger partial charge on any atom is -0.384 e. The van der Waals surface area contributed by atoms with Crippen molar-refractivity contribution in [2.75, 3.05) is 0 Å². The molecule has 0 radical (unpaired) electrons. The Morgan fingerprint density at radius 1 is 1.22 bits per heavy atom. The molecule has 2 aliphatic rings. The highest BCUT2D eigenvalue weighted by molar-refractivity contribution is 5.63. The lowest BCUT2D eigenvalue weighted by molar-refractivity contribution is 0.00838. The predicted octanol–water partition coefficient (Wildman–Crippen LogP) is 3.17. The summed E-state index contributed by atoms with van der Waals surface area (Å²) in [5, 5.41) is 20.0. The Balaban J connectivity index is 2.20. The smallest absolute Gasteiger partial charge is 0.106 e. The van der Waals surface area contributed by atoms with Gasteiger partial charge in [0, 0.05) is 5.41 Å². The van der Waals surface area contributed by atoms with Gasteiger partial charge in [-0.1, -0.05) is 49.3 Å². The van der Waals surface area contributed by atoms with E-state index in [1.807, 2.05) is 24.3 Å². The molecule has 1 aromatic rings. The third-order valence-electron chi connectivity index (χ3n) is 4.65. The molecule has 1 aromatic carbocycles. The number of nitriles is 1. The molecule has 2 nitrogen and oxygen atoms in total. The SMILES string of the molecule is N#CCC1(O)C=Cc2ccccc2C12CCCC2. The van der Waals surface area contributed by atoms with Gasteiger partial charge in [-0.2, -0.15) is 5.26 Å². The molecule has 0 aliphatic heterocycles. The molecule has 1 spiro atoms. The lowest BCUT2D eigenvalue weighted by atomic mass is 9.61. The minimum atomic E-state index is -0.993. The molecule has 2 aliphatic carbocycles. The fourth-order valence-corrected chi connectivity index (χ4v) is 3.73. The first-order chi connectivity index (χ1) is 8.72. The highest BCUT2D eigenvalue weighted by atomic mass is 16.3. The fraction of sp³-hybridized carbons (Fsp3) is 0.438. The van der Waals surface area contributed by atoms with Crippen LogP contribution in [0.2, 0.25) is 0 Å². The Labute approximate surface area is 108 Å². The lowest BCUT2D eigenvalue weighted by Crippen LogP contribution is -2.50. The van der Waals surface area contributed by atoms with E-state index >= 15 is 0 Å². The molecule has 1 fully saturated rings. The van der Waals surface area contributed by atoms with Gasteiger partial charge in [0.25, 0.3) is 0 Å².